The van der Waals surface area contributed by atoms with Crippen LogP contribution in [0.5, 0.6) is 5.88 Å². The molecule has 0 aliphatic heterocycles. The van der Waals surface area contributed by atoms with Crippen LogP contribution in [0.2, 0.25) is 0 Å². The lowest BCUT2D eigenvalue weighted by atomic mass is 10.1. The molecular weight excluding hydrogens is 360 g/mol. The number of nitro groups is 1. The number of nitrogens with zero attached hydrogens (tertiary/aromatic N) is 4. The molecule has 4 aromatic rings. The van der Waals surface area contributed by atoms with Gasteiger partial charge < -0.3 is 9.26 Å². The molecule has 0 atom stereocenters. The van der Waals surface area contributed by atoms with Crippen LogP contribution in [0.3, 0.4) is 0 Å². The maximum atomic E-state index is 10.8. The fourth-order valence-electron chi connectivity index (χ4n) is 2.84. The second-order valence-electron chi connectivity index (χ2n) is 6.20. The molecule has 28 heavy (non-hydrogen) atoms. The molecule has 0 radical (unpaired) electrons. The van der Waals surface area contributed by atoms with Crippen molar-refractivity contribution in [1.29, 1.82) is 0 Å². The number of hydrogen-bond donors (Lipinski definition) is 0. The molecule has 0 saturated carbocycles. The largest absolute Gasteiger partial charge is 0.477 e. The van der Waals surface area contributed by atoms with E-state index in [1.54, 1.807) is 12.1 Å². The van der Waals surface area contributed by atoms with E-state index in [0.29, 0.717) is 29.4 Å². The molecule has 0 N–H and O–H groups in total. The topological polar surface area (TPSA) is 104 Å². The zero-order valence-electron chi connectivity index (χ0n) is 15.2. The van der Waals surface area contributed by atoms with E-state index in [1.807, 2.05) is 38.1 Å². The highest BCUT2D eigenvalue weighted by Crippen LogP contribution is 2.32. The third-order valence-corrected chi connectivity index (χ3v) is 4.21. The van der Waals surface area contributed by atoms with Crippen LogP contribution >= 0.6 is 0 Å². The SMILES string of the molecule is CCOc1nc2cc(C)ccc2cc1-c1noc(-c2ccc([N+](=O)[O-])cc2)n1. The average Bonchev–Trinajstić information content (AvgIpc) is 3.17. The van der Waals surface area contributed by atoms with Gasteiger partial charge in [0, 0.05) is 23.1 Å². The fraction of sp³-hybridized carbons (Fsp3) is 0.150. The number of ether oxygens (including phenoxy) is 1. The van der Waals surface area contributed by atoms with Crippen LogP contribution in [0.15, 0.2) is 53.1 Å². The van der Waals surface area contributed by atoms with Crippen molar-refractivity contribution in [3.63, 3.8) is 0 Å². The number of aryl methyl sites for hydroxylation is 1. The number of pyridine rings is 1. The van der Waals surface area contributed by atoms with Crippen molar-refractivity contribution in [3.8, 4) is 28.7 Å². The Kier molecular flexibility index (Phi) is 4.44. The summed E-state index contributed by atoms with van der Waals surface area (Å²) in [4.78, 5) is 19.4. The smallest absolute Gasteiger partial charge is 0.269 e. The minimum absolute atomic E-state index is 0.00357. The Morgan fingerprint density at radius 3 is 2.61 bits per heavy atom. The van der Waals surface area contributed by atoms with Crippen LogP contribution in [-0.4, -0.2) is 26.7 Å². The molecule has 2 heterocycles. The number of non-ortho nitro benzene ring substituents is 1. The van der Waals surface area contributed by atoms with Crippen molar-refractivity contribution < 1.29 is 14.2 Å². The van der Waals surface area contributed by atoms with Gasteiger partial charge >= 0.3 is 0 Å². The van der Waals surface area contributed by atoms with Gasteiger partial charge in [-0.15, -0.1) is 0 Å². The Morgan fingerprint density at radius 1 is 1.11 bits per heavy atom. The number of hydrogen-bond acceptors (Lipinski definition) is 7. The lowest BCUT2D eigenvalue weighted by molar-refractivity contribution is -0.384. The molecule has 0 saturated heterocycles. The second kappa shape index (κ2) is 7.07. The first-order chi connectivity index (χ1) is 13.5. The molecule has 0 amide bonds. The number of aromatic nitrogens is 3. The van der Waals surface area contributed by atoms with Crippen LogP contribution in [0.1, 0.15) is 12.5 Å². The molecule has 0 aliphatic rings. The summed E-state index contributed by atoms with van der Waals surface area (Å²) in [6.45, 7) is 4.33. The quantitative estimate of drug-likeness (QED) is 0.371. The van der Waals surface area contributed by atoms with Gasteiger partial charge in [0.05, 0.1) is 22.6 Å². The van der Waals surface area contributed by atoms with E-state index in [9.17, 15) is 10.1 Å². The minimum Gasteiger partial charge on any atom is -0.477 e. The zero-order chi connectivity index (χ0) is 19.7. The molecule has 8 nitrogen and oxygen atoms in total. The van der Waals surface area contributed by atoms with Gasteiger partial charge in [-0.05, 0) is 43.7 Å². The third kappa shape index (κ3) is 3.27. The standard InChI is InChI=1S/C20H16N4O4/c1-3-27-20-16(11-14-5-4-12(2)10-17(14)21-20)18-22-19(28-23-18)13-6-8-15(9-7-13)24(25)26/h4-11H,3H2,1-2H3. The molecule has 0 unspecified atom stereocenters. The van der Waals surface area contributed by atoms with Crippen molar-refractivity contribution in [1.82, 2.24) is 15.1 Å². The first-order valence-corrected chi connectivity index (χ1v) is 8.68. The van der Waals surface area contributed by atoms with E-state index < -0.39 is 4.92 Å². The summed E-state index contributed by atoms with van der Waals surface area (Å²) < 4.78 is 11.0. The van der Waals surface area contributed by atoms with Gasteiger partial charge in [0.25, 0.3) is 11.6 Å². The monoisotopic (exact) mass is 376 g/mol. The highest BCUT2D eigenvalue weighted by molar-refractivity contribution is 5.85. The first kappa shape index (κ1) is 17.6. The van der Waals surface area contributed by atoms with E-state index in [0.717, 1.165) is 16.5 Å². The average molecular weight is 376 g/mol. The third-order valence-electron chi connectivity index (χ3n) is 4.21. The number of nitro benzene ring substituents is 1. The predicted molar refractivity (Wildman–Crippen MR) is 103 cm³/mol. The van der Waals surface area contributed by atoms with Crippen molar-refractivity contribution in [3.05, 3.63) is 64.2 Å². The van der Waals surface area contributed by atoms with Gasteiger partial charge in [0.1, 0.15) is 0 Å². The van der Waals surface area contributed by atoms with Gasteiger partial charge in [-0.1, -0.05) is 17.3 Å². The van der Waals surface area contributed by atoms with Gasteiger partial charge in [0.15, 0.2) is 0 Å². The van der Waals surface area contributed by atoms with Crippen LogP contribution in [0, 0.1) is 17.0 Å². The minimum atomic E-state index is -0.458. The first-order valence-electron chi connectivity index (χ1n) is 8.68. The molecule has 140 valence electrons. The summed E-state index contributed by atoms with van der Waals surface area (Å²) in [5.41, 5.74) is 3.14. The summed E-state index contributed by atoms with van der Waals surface area (Å²) in [6.07, 6.45) is 0. The lowest BCUT2D eigenvalue weighted by Gasteiger charge is -2.08. The van der Waals surface area contributed by atoms with E-state index in [4.69, 9.17) is 9.26 Å². The molecule has 8 heteroatoms. The Labute approximate surface area is 159 Å². The van der Waals surface area contributed by atoms with Gasteiger partial charge in [-0.3, -0.25) is 10.1 Å². The van der Waals surface area contributed by atoms with Crippen LogP contribution in [-0.2, 0) is 0 Å². The second-order valence-corrected chi connectivity index (χ2v) is 6.20. The highest BCUT2D eigenvalue weighted by Gasteiger charge is 2.18. The van der Waals surface area contributed by atoms with Gasteiger partial charge in [0.2, 0.25) is 11.7 Å². The number of benzene rings is 2. The molecule has 0 aliphatic carbocycles. The van der Waals surface area contributed by atoms with E-state index in [-0.39, 0.29) is 11.6 Å². The van der Waals surface area contributed by atoms with E-state index in [2.05, 4.69) is 15.1 Å². The fourth-order valence-corrected chi connectivity index (χ4v) is 2.84. The van der Waals surface area contributed by atoms with Crippen molar-refractivity contribution in [2.75, 3.05) is 6.61 Å². The maximum Gasteiger partial charge on any atom is 0.269 e. The Hall–Kier alpha value is -3.81. The Morgan fingerprint density at radius 2 is 1.89 bits per heavy atom. The Balaban J connectivity index is 1.76. The summed E-state index contributed by atoms with van der Waals surface area (Å²) in [6, 6.07) is 13.8. The van der Waals surface area contributed by atoms with Gasteiger partial charge in [-0.25, -0.2) is 4.98 Å². The highest BCUT2D eigenvalue weighted by atomic mass is 16.6. The van der Waals surface area contributed by atoms with Crippen LogP contribution in [0.25, 0.3) is 33.7 Å². The summed E-state index contributed by atoms with van der Waals surface area (Å²) in [5.74, 6) is 1.03. The summed E-state index contributed by atoms with van der Waals surface area (Å²) in [7, 11) is 0. The molecule has 2 aromatic heterocycles. The van der Waals surface area contributed by atoms with Crippen LogP contribution in [0.4, 0.5) is 5.69 Å². The summed E-state index contributed by atoms with van der Waals surface area (Å²) >= 11 is 0. The molecule has 4 rings (SSSR count). The lowest BCUT2D eigenvalue weighted by Crippen LogP contribution is -1.98. The number of fused-ring (bicyclic) bond motifs is 1. The molecular formula is C20H16N4O4. The molecule has 2 aromatic carbocycles. The van der Waals surface area contributed by atoms with Crippen LogP contribution < -0.4 is 4.74 Å². The van der Waals surface area contributed by atoms with Crippen molar-refractivity contribution in [2.24, 2.45) is 0 Å². The maximum absolute atomic E-state index is 10.8. The molecule has 0 spiro atoms. The van der Waals surface area contributed by atoms with Crippen molar-refractivity contribution in [2.45, 2.75) is 13.8 Å². The van der Waals surface area contributed by atoms with E-state index >= 15 is 0 Å². The summed E-state index contributed by atoms with van der Waals surface area (Å²) in [5, 5.41) is 15.8. The predicted octanol–water partition coefficient (Wildman–Crippen LogP) is 4.57. The molecule has 0 bridgehead atoms. The Bertz CT molecular complexity index is 1170. The zero-order valence-corrected chi connectivity index (χ0v) is 15.2. The van der Waals surface area contributed by atoms with Gasteiger partial charge in [-0.2, -0.15) is 4.98 Å². The van der Waals surface area contributed by atoms with E-state index in [1.165, 1.54) is 12.1 Å². The normalized spacial score (nSPS) is 10.9. The molecule has 0 fully saturated rings. The van der Waals surface area contributed by atoms with Crippen molar-refractivity contribution >= 4 is 16.6 Å². The number of rotatable bonds is 5.